The Morgan fingerprint density at radius 3 is 2.21 bits per heavy atom. The Balaban J connectivity index is 0.00000288. The van der Waals surface area contributed by atoms with Gasteiger partial charge in [-0.3, -0.25) is 4.98 Å². The molecule has 2 aromatic rings. The summed E-state index contributed by atoms with van der Waals surface area (Å²) in [4.78, 5) is 28.3. The van der Waals surface area contributed by atoms with Crippen molar-refractivity contribution in [2.24, 2.45) is 0 Å². The predicted octanol–water partition coefficient (Wildman–Crippen LogP) is 3.23. The molecule has 0 saturated carbocycles. The van der Waals surface area contributed by atoms with Gasteiger partial charge in [0.2, 0.25) is 0 Å². The number of aromatic hydroxyl groups is 1. The maximum atomic E-state index is 12.2. The van der Waals surface area contributed by atoms with Gasteiger partial charge < -0.3 is 14.6 Å². The van der Waals surface area contributed by atoms with Gasteiger partial charge >= 0.3 is 11.9 Å². The number of ether oxygens (including phenoxy) is 2. The van der Waals surface area contributed by atoms with Gasteiger partial charge in [-0.25, -0.2) is 9.59 Å². The number of benzene rings is 1. The second-order valence-electron chi connectivity index (χ2n) is 4.55. The SMILES string of the molecule is CCOC(=O)c1cnc(-c2ccccc2)c(O)c1C(=O)OCC.Cl. The van der Waals surface area contributed by atoms with Crippen molar-refractivity contribution < 1.29 is 24.2 Å². The van der Waals surface area contributed by atoms with Crippen LogP contribution in [0.5, 0.6) is 5.75 Å². The Morgan fingerprint density at radius 1 is 1.04 bits per heavy atom. The van der Waals surface area contributed by atoms with E-state index in [0.29, 0.717) is 5.56 Å². The zero-order valence-corrected chi connectivity index (χ0v) is 14.1. The molecular formula is C17H18ClNO5. The zero-order valence-electron chi connectivity index (χ0n) is 13.3. The van der Waals surface area contributed by atoms with Crippen LogP contribution in [0.4, 0.5) is 0 Å². The van der Waals surface area contributed by atoms with Crippen molar-refractivity contribution in [3.63, 3.8) is 0 Å². The lowest BCUT2D eigenvalue weighted by molar-refractivity contribution is 0.0475. The first kappa shape index (κ1) is 19.4. The molecule has 1 heterocycles. The molecule has 0 aliphatic rings. The van der Waals surface area contributed by atoms with Gasteiger partial charge in [0, 0.05) is 11.8 Å². The van der Waals surface area contributed by atoms with Gasteiger partial charge in [-0.1, -0.05) is 30.3 Å². The van der Waals surface area contributed by atoms with Gasteiger partial charge in [0.05, 0.1) is 18.8 Å². The molecule has 0 unspecified atom stereocenters. The minimum Gasteiger partial charge on any atom is -0.505 e. The van der Waals surface area contributed by atoms with Crippen molar-refractivity contribution in [2.45, 2.75) is 13.8 Å². The van der Waals surface area contributed by atoms with Gasteiger partial charge in [0.1, 0.15) is 11.3 Å². The van der Waals surface area contributed by atoms with Crippen LogP contribution in [0.15, 0.2) is 36.5 Å². The average molecular weight is 352 g/mol. The van der Waals surface area contributed by atoms with Crippen LogP contribution in [0.2, 0.25) is 0 Å². The second kappa shape index (κ2) is 8.88. The lowest BCUT2D eigenvalue weighted by Gasteiger charge is -2.12. The third-order valence-electron chi connectivity index (χ3n) is 3.08. The maximum Gasteiger partial charge on any atom is 0.342 e. The fourth-order valence-electron chi connectivity index (χ4n) is 2.08. The summed E-state index contributed by atoms with van der Waals surface area (Å²) in [5.74, 6) is -1.94. The molecule has 0 aliphatic carbocycles. The molecule has 1 aromatic carbocycles. The molecule has 0 aliphatic heterocycles. The molecule has 0 saturated heterocycles. The van der Waals surface area contributed by atoms with E-state index in [1.54, 1.807) is 38.1 Å². The summed E-state index contributed by atoms with van der Waals surface area (Å²) in [6.45, 7) is 3.54. The molecule has 0 fully saturated rings. The number of carbonyl (C=O) groups is 2. The molecule has 0 radical (unpaired) electrons. The van der Waals surface area contributed by atoms with Crippen molar-refractivity contribution in [1.29, 1.82) is 0 Å². The first-order valence-corrected chi connectivity index (χ1v) is 7.21. The Morgan fingerprint density at radius 2 is 1.62 bits per heavy atom. The third-order valence-corrected chi connectivity index (χ3v) is 3.08. The molecule has 1 aromatic heterocycles. The summed E-state index contributed by atoms with van der Waals surface area (Å²) >= 11 is 0. The van der Waals surface area contributed by atoms with E-state index in [0.717, 1.165) is 0 Å². The Bertz CT molecular complexity index is 718. The number of halogens is 1. The molecule has 1 N–H and O–H groups in total. The van der Waals surface area contributed by atoms with E-state index < -0.39 is 17.7 Å². The van der Waals surface area contributed by atoms with E-state index in [1.807, 2.05) is 6.07 Å². The van der Waals surface area contributed by atoms with Crippen LogP contribution < -0.4 is 0 Å². The fraction of sp³-hybridized carbons (Fsp3) is 0.235. The number of hydrogen-bond donors (Lipinski definition) is 1. The van der Waals surface area contributed by atoms with Gasteiger partial charge in [-0.15, -0.1) is 12.4 Å². The lowest BCUT2D eigenvalue weighted by Crippen LogP contribution is -2.15. The smallest absolute Gasteiger partial charge is 0.342 e. The van der Waals surface area contributed by atoms with E-state index in [1.165, 1.54) is 6.20 Å². The minimum absolute atomic E-state index is 0. The van der Waals surface area contributed by atoms with E-state index >= 15 is 0 Å². The normalized spacial score (nSPS) is 9.75. The molecule has 24 heavy (non-hydrogen) atoms. The number of rotatable bonds is 5. The second-order valence-corrected chi connectivity index (χ2v) is 4.55. The number of esters is 2. The monoisotopic (exact) mass is 351 g/mol. The van der Waals surface area contributed by atoms with Crippen LogP contribution in [-0.2, 0) is 9.47 Å². The summed E-state index contributed by atoms with van der Waals surface area (Å²) in [7, 11) is 0. The molecule has 0 spiro atoms. The van der Waals surface area contributed by atoms with Crippen LogP contribution >= 0.6 is 12.4 Å². The first-order valence-electron chi connectivity index (χ1n) is 7.21. The number of aromatic nitrogens is 1. The summed E-state index contributed by atoms with van der Waals surface area (Å²) in [5, 5.41) is 10.5. The van der Waals surface area contributed by atoms with Crippen LogP contribution in [0, 0.1) is 0 Å². The number of nitrogens with zero attached hydrogens (tertiary/aromatic N) is 1. The highest BCUT2D eigenvalue weighted by molar-refractivity contribution is 6.06. The van der Waals surface area contributed by atoms with Crippen LogP contribution in [0.3, 0.4) is 0 Å². The average Bonchev–Trinajstić information content (AvgIpc) is 2.55. The predicted molar refractivity (Wildman–Crippen MR) is 90.5 cm³/mol. The van der Waals surface area contributed by atoms with Crippen LogP contribution in [-0.4, -0.2) is 35.2 Å². The molecule has 0 bridgehead atoms. The Kier molecular flexibility index (Phi) is 7.20. The van der Waals surface area contributed by atoms with Crippen LogP contribution in [0.1, 0.15) is 34.6 Å². The highest BCUT2D eigenvalue weighted by atomic mass is 35.5. The van der Waals surface area contributed by atoms with E-state index in [4.69, 9.17) is 9.47 Å². The van der Waals surface area contributed by atoms with Crippen molar-refractivity contribution >= 4 is 24.3 Å². The summed E-state index contributed by atoms with van der Waals surface area (Å²) in [6.07, 6.45) is 1.21. The lowest BCUT2D eigenvalue weighted by atomic mass is 10.0. The van der Waals surface area contributed by atoms with E-state index in [2.05, 4.69) is 4.98 Å². The van der Waals surface area contributed by atoms with Crippen molar-refractivity contribution in [2.75, 3.05) is 13.2 Å². The van der Waals surface area contributed by atoms with Crippen molar-refractivity contribution in [3.8, 4) is 17.0 Å². The van der Waals surface area contributed by atoms with Crippen molar-refractivity contribution in [1.82, 2.24) is 4.98 Å². The summed E-state index contributed by atoms with van der Waals surface area (Å²) < 4.78 is 9.83. The van der Waals surface area contributed by atoms with Gasteiger partial charge in [-0.05, 0) is 13.8 Å². The zero-order chi connectivity index (χ0) is 16.8. The first-order chi connectivity index (χ1) is 11.1. The maximum absolute atomic E-state index is 12.2. The Hall–Kier alpha value is -2.60. The highest BCUT2D eigenvalue weighted by Crippen LogP contribution is 2.32. The number of hydrogen-bond acceptors (Lipinski definition) is 6. The highest BCUT2D eigenvalue weighted by Gasteiger charge is 2.26. The topological polar surface area (TPSA) is 85.7 Å². The minimum atomic E-state index is -0.798. The standard InChI is InChI=1S/C17H17NO5.ClH/c1-3-22-16(20)12-10-18-14(11-8-6-5-7-9-11)15(19)13(12)17(21)23-4-2;/h5-10,19H,3-4H2,1-2H3;1H. The fourth-order valence-corrected chi connectivity index (χ4v) is 2.08. The van der Waals surface area contributed by atoms with E-state index in [9.17, 15) is 14.7 Å². The molecule has 0 atom stereocenters. The summed E-state index contributed by atoms with van der Waals surface area (Å²) in [6, 6.07) is 8.85. The van der Waals surface area contributed by atoms with Gasteiger partial charge in [0.15, 0.2) is 5.75 Å². The third kappa shape index (κ3) is 4.02. The number of pyridine rings is 1. The largest absolute Gasteiger partial charge is 0.505 e. The van der Waals surface area contributed by atoms with E-state index in [-0.39, 0.29) is 42.4 Å². The molecule has 7 heteroatoms. The van der Waals surface area contributed by atoms with Crippen molar-refractivity contribution in [3.05, 3.63) is 47.7 Å². The Labute approximate surface area is 145 Å². The molecule has 6 nitrogen and oxygen atoms in total. The van der Waals surface area contributed by atoms with Gasteiger partial charge in [0.25, 0.3) is 0 Å². The number of carbonyl (C=O) groups excluding carboxylic acids is 2. The quantitative estimate of drug-likeness (QED) is 0.832. The summed E-state index contributed by atoms with van der Waals surface area (Å²) in [5.41, 5.74) is 0.453. The van der Waals surface area contributed by atoms with Crippen LogP contribution in [0.25, 0.3) is 11.3 Å². The molecular weight excluding hydrogens is 334 g/mol. The molecule has 128 valence electrons. The van der Waals surface area contributed by atoms with Gasteiger partial charge in [-0.2, -0.15) is 0 Å². The molecule has 2 rings (SSSR count). The molecule has 0 amide bonds.